The lowest BCUT2D eigenvalue weighted by Crippen LogP contribution is -2.36. The lowest BCUT2D eigenvalue weighted by molar-refractivity contribution is -0.186. The van der Waals surface area contributed by atoms with Gasteiger partial charge < -0.3 is 10.6 Å². The minimum absolute atomic E-state index is 0.0361. The molecule has 1 aromatic heterocycles. The molecule has 2 atom stereocenters. The lowest BCUT2D eigenvalue weighted by atomic mass is 9.81. The van der Waals surface area contributed by atoms with Gasteiger partial charge in [-0.3, -0.25) is 4.79 Å². The van der Waals surface area contributed by atoms with Crippen molar-refractivity contribution in [3.05, 3.63) is 17.0 Å². The van der Waals surface area contributed by atoms with Gasteiger partial charge in [-0.05, 0) is 25.2 Å². The van der Waals surface area contributed by atoms with Gasteiger partial charge in [0.15, 0.2) is 5.69 Å². The van der Waals surface area contributed by atoms with E-state index in [0.717, 1.165) is 4.90 Å². The van der Waals surface area contributed by atoms with Crippen LogP contribution in [-0.2, 0) is 12.7 Å². The van der Waals surface area contributed by atoms with Crippen LogP contribution in [0.15, 0.2) is 0 Å². The summed E-state index contributed by atoms with van der Waals surface area (Å²) in [7, 11) is 0. The summed E-state index contributed by atoms with van der Waals surface area (Å²) in [6, 6.07) is 0. The van der Waals surface area contributed by atoms with E-state index in [1.807, 2.05) is 0 Å². The molecule has 2 aliphatic rings. The fourth-order valence-corrected chi connectivity index (χ4v) is 3.69. The number of fused-ring (bicyclic) bond motifs is 1. The van der Waals surface area contributed by atoms with Crippen molar-refractivity contribution in [2.45, 2.75) is 44.6 Å². The summed E-state index contributed by atoms with van der Waals surface area (Å²) in [6.45, 7) is -0.254. The first-order valence-corrected chi connectivity index (χ1v) is 8.06. The predicted octanol–water partition coefficient (Wildman–Crippen LogP) is 3.40. The van der Waals surface area contributed by atoms with E-state index in [1.165, 1.54) is 0 Å². The number of nitrogen functional groups attached to an aromatic ring is 1. The molecule has 0 unspecified atom stereocenters. The molecule has 1 aliphatic heterocycles. The quantitative estimate of drug-likeness (QED) is 0.796. The number of aromatic nitrogens is 2. The first-order valence-electron chi connectivity index (χ1n) is 8.06. The van der Waals surface area contributed by atoms with Crippen molar-refractivity contribution in [3.8, 4) is 0 Å². The van der Waals surface area contributed by atoms with Crippen LogP contribution in [0, 0.1) is 11.8 Å². The van der Waals surface area contributed by atoms with E-state index in [4.69, 9.17) is 5.73 Å². The van der Waals surface area contributed by atoms with Crippen molar-refractivity contribution >= 4 is 11.9 Å². The molecule has 1 aliphatic carbocycles. The molecule has 2 heterocycles. The Bertz CT molecular complexity index is 717. The maximum atomic E-state index is 13.1. The van der Waals surface area contributed by atoms with Gasteiger partial charge in [0.25, 0.3) is 5.91 Å². The number of nitrogens with two attached hydrogens (primary N) is 1. The van der Waals surface area contributed by atoms with Gasteiger partial charge in [0, 0.05) is 6.54 Å². The number of hydrogen-bond donors (Lipinski definition) is 1. The predicted molar refractivity (Wildman–Crippen MR) is 77.7 cm³/mol. The number of carbonyl (C=O) groups is 1. The lowest BCUT2D eigenvalue weighted by Gasteiger charge is -2.32. The van der Waals surface area contributed by atoms with E-state index in [1.54, 1.807) is 0 Å². The minimum atomic E-state index is -4.88. The highest BCUT2D eigenvalue weighted by molar-refractivity contribution is 5.99. The van der Waals surface area contributed by atoms with Crippen LogP contribution in [-0.4, -0.2) is 33.5 Å². The third-order valence-corrected chi connectivity index (χ3v) is 4.84. The highest BCUT2D eigenvalue weighted by atomic mass is 19.4. The van der Waals surface area contributed by atoms with Gasteiger partial charge in [0.1, 0.15) is 0 Å². The maximum absolute atomic E-state index is 13.1. The minimum Gasteiger partial charge on any atom is -0.368 e. The summed E-state index contributed by atoms with van der Waals surface area (Å²) in [4.78, 5) is 20.4. The Morgan fingerprint density at radius 1 is 1.12 bits per heavy atom. The molecule has 5 nitrogen and oxygen atoms in total. The molecule has 0 spiro atoms. The van der Waals surface area contributed by atoms with E-state index in [0.29, 0.717) is 12.8 Å². The summed E-state index contributed by atoms with van der Waals surface area (Å²) in [5, 5.41) is 0. The molecule has 1 aromatic rings. The summed E-state index contributed by atoms with van der Waals surface area (Å²) in [5.74, 6) is -3.38. The largest absolute Gasteiger partial charge is 0.434 e. The number of carbonyl (C=O) groups excluding carboxylic acids is 1. The van der Waals surface area contributed by atoms with Crippen LogP contribution in [0.3, 0.4) is 0 Å². The molecule has 1 amide bonds. The first-order chi connectivity index (χ1) is 12.0. The topological polar surface area (TPSA) is 72.1 Å². The van der Waals surface area contributed by atoms with Crippen LogP contribution in [0.25, 0.3) is 0 Å². The maximum Gasteiger partial charge on any atom is 0.434 e. The van der Waals surface area contributed by atoms with Crippen molar-refractivity contribution in [1.82, 2.24) is 14.9 Å². The van der Waals surface area contributed by atoms with E-state index in [2.05, 4.69) is 9.97 Å². The molecule has 0 aromatic carbocycles. The Morgan fingerprint density at radius 3 is 2.42 bits per heavy atom. The summed E-state index contributed by atoms with van der Waals surface area (Å²) < 4.78 is 78.1. The molecule has 1 saturated carbocycles. The molecule has 0 radical (unpaired) electrons. The van der Waals surface area contributed by atoms with Crippen LogP contribution in [0.5, 0.6) is 0 Å². The van der Waals surface area contributed by atoms with E-state index in [9.17, 15) is 31.1 Å². The SMILES string of the molecule is Nc1nc2c(c(C(F)(F)F)n1)C(=O)N(C[C@@H]1CCC[C@@H](C(F)(F)F)C1)C2. The van der Waals surface area contributed by atoms with Crippen LogP contribution < -0.4 is 5.73 Å². The van der Waals surface area contributed by atoms with Gasteiger partial charge in [0.05, 0.1) is 23.7 Å². The molecule has 144 valence electrons. The van der Waals surface area contributed by atoms with Crippen LogP contribution in [0.2, 0.25) is 0 Å². The van der Waals surface area contributed by atoms with Crippen LogP contribution >= 0.6 is 0 Å². The first kappa shape index (κ1) is 18.7. The standard InChI is InChI=1S/C15H16F6N4O/c16-14(17,18)8-3-1-2-7(4-8)5-25-6-9-10(12(25)26)11(15(19,20)21)24-13(22)23-9/h7-8H,1-6H2,(H2,22,23,24)/t7-,8-/m1/s1. The normalized spacial score (nSPS) is 24.1. The van der Waals surface area contributed by atoms with Gasteiger partial charge >= 0.3 is 12.4 Å². The Balaban J connectivity index is 1.79. The van der Waals surface area contributed by atoms with Crippen molar-refractivity contribution in [3.63, 3.8) is 0 Å². The molecule has 11 heteroatoms. The third kappa shape index (κ3) is 3.56. The molecule has 2 N–H and O–H groups in total. The zero-order valence-corrected chi connectivity index (χ0v) is 13.5. The fourth-order valence-electron chi connectivity index (χ4n) is 3.69. The Morgan fingerprint density at radius 2 is 1.81 bits per heavy atom. The fraction of sp³-hybridized carbons (Fsp3) is 0.667. The van der Waals surface area contributed by atoms with Crippen molar-refractivity contribution in [2.75, 3.05) is 12.3 Å². The molecule has 0 bridgehead atoms. The highest BCUT2D eigenvalue weighted by Crippen LogP contribution is 2.41. The average molecular weight is 382 g/mol. The molecule has 26 heavy (non-hydrogen) atoms. The van der Waals surface area contributed by atoms with Gasteiger partial charge in [0.2, 0.25) is 5.95 Å². The van der Waals surface area contributed by atoms with E-state index in [-0.39, 0.29) is 31.6 Å². The number of amides is 1. The smallest absolute Gasteiger partial charge is 0.368 e. The Kier molecular flexibility index (Phi) is 4.51. The second kappa shape index (κ2) is 6.27. The van der Waals surface area contributed by atoms with Gasteiger partial charge in [-0.25, -0.2) is 9.97 Å². The number of anilines is 1. The average Bonchev–Trinajstić information content (AvgIpc) is 2.81. The molecule has 3 rings (SSSR count). The number of alkyl halides is 6. The highest BCUT2D eigenvalue weighted by Gasteiger charge is 2.46. The van der Waals surface area contributed by atoms with Gasteiger partial charge in [-0.1, -0.05) is 6.42 Å². The summed E-state index contributed by atoms with van der Waals surface area (Å²) in [5.41, 5.74) is 3.10. The Labute approximate surface area is 144 Å². The van der Waals surface area contributed by atoms with E-state index < -0.39 is 47.3 Å². The summed E-state index contributed by atoms with van der Waals surface area (Å²) in [6.07, 6.45) is -8.42. The molecular formula is C15H16F6N4O. The Hall–Kier alpha value is -2.07. The number of nitrogens with zero attached hydrogens (tertiary/aromatic N) is 3. The van der Waals surface area contributed by atoms with Crippen molar-refractivity contribution < 1.29 is 31.1 Å². The van der Waals surface area contributed by atoms with Crippen LogP contribution in [0.1, 0.15) is 47.4 Å². The zero-order valence-electron chi connectivity index (χ0n) is 13.5. The van der Waals surface area contributed by atoms with Crippen molar-refractivity contribution in [2.24, 2.45) is 11.8 Å². The monoisotopic (exact) mass is 382 g/mol. The molecular weight excluding hydrogens is 366 g/mol. The van der Waals surface area contributed by atoms with E-state index >= 15 is 0 Å². The zero-order chi connectivity index (χ0) is 19.3. The van der Waals surface area contributed by atoms with Crippen molar-refractivity contribution in [1.29, 1.82) is 0 Å². The second-order valence-electron chi connectivity index (χ2n) is 6.71. The molecule has 1 fully saturated rings. The van der Waals surface area contributed by atoms with Gasteiger partial charge in [-0.2, -0.15) is 26.3 Å². The second-order valence-corrected chi connectivity index (χ2v) is 6.71. The van der Waals surface area contributed by atoms with Crippen LogP contribution in [0.4, 0.5) is 32.3 Å². The third-order valence-electron chi connectivity index (χ3n) is 4.84. The number of hydrogen-bond acceptors (Lipinski definition) is 4. The number of rotatable bonds is 2. The van der Waals surface area contributed by atoms with Gasteiger partial charge in [-0.15, -0.1) is 0 Å². The summed E-state index contributed by atoms with van der Waals surface area (Å²) >= 11 is 0. The number of halogens is 6. The molecule has 0 saturated heterocycles.